The summed E-state index contributed by atoms with van der Waals surface area (Å²) in [4.78, 5) is 11.9. The monoisotopic (exact) mass is 276 g/mol. The fourth-order valence-corrected chi connectivity index (χ4v) is 1.68. The summed E-state index contributed by atoms with van der Waals surface area (Å²) in [5.41, 5.74) is 7.24. The lowest BCUT2D eigenvalue weighted by Gasteiger charge is -2.11. The van der Waals surface area contributed by atoms with Gasteiger partial charge in [-0.05, 0) is 18.2 Å². The van der Waals surface area contributed by atoms with Gasteiger partial charge in [0.25, 0.3) is 5.91 Å². The van der Waals surface area contributed by atoms with Crippen LogP contribution < -0.4 is 11.1 Å². The summed E-state index contributed by atoms with van der Waals surface area (Å²) >= 11 is 0. The fourth-order valence-electron chi connectivity index (χ4n) is 1.68. The maximum Gasteiger partial charge on any atom is 0.272 e. The molecule has 0 bridgehead atoms. The summed E-state index contributed by atoms with van der Waals surface area (Å²) in [5, 5.41) is 24.4. The first-order valence-corrected chi connectivity index (χ1v) is 6.09. The minimum atomic E-state index is -0.700. The van der Waals surface area contributed by atoms with Crippen LogP contribution in [-0.4, -0.2) is 45.2 Å². The number of carbonyl (C=O) groups is 1. The van der Waals surface area contributed by atoms with Crippen molar-refractivity contribution in [2.75, 3.05) is 18.9 Å². The van der Waals surface area contributed by atoms with Crippen molar-refractivity contribution in [1.82, 2.24) is 15.1 Å². The lowest BCUT2D eigenvalue weighted by molar-refractivity contribution is 0.0874. The first-order chi connectivity index (χ1) is 9.65. The second-order valence-electron chi connectivity index (χ2n) is 4.24. The molecular formula is C13H16N4O3. The van der Waals surface area contributed by atoms with E-state index in [-0.39, 0.29) is 18.9 Å². The molecule has 0 fully saturated rings. The van der Waals surface area contributed by atoms with Gasteiger partial charge in [-0.15, -0.1) is 0 Å². The maximum absolute atomic E-state index is 11.9. The number of aliphatic hydroxyl groups excluding tert-OH is 2. The zero-order chi connectivity index (χ0) is 14.5. The van der Waals surface area contributed by atoms with Crippen molar-refractivity contribution in [3.05, 3.63) is 42.2 Å². The Balaban J connectivity index is 2.17. The van der Waals surface area contributed by atoms with E-state index >= 15 is 0 Å². The highest BCUT2D eigenvalue weighted by molar-refractivity contribution is 5.92. The van der Waals surface area contributed by atoms with Gasteiger partial charge >= 0.3 is 0 Å². The number of aliphatic hydroxyl groups is 2. The van der Waals surface area contributed by atoms with Crippen molar-refractivity contribution in [3.8, 4) is 5.69 Å². The number of aromatic nitrogens is 2. The second kappa shape index (κ2) is 6.18. The predicted octanol–water partition coefficient (Wildman–Crippen LogP) is -0.463. The van der Waals surface area contributed by atoms with E-state index in [0.29, 0.717) is 11.4 Å². The Morgan fingerprint density at radius 1 is 1.30 bits per heavy atom. The van der Waals surface area contributed by atoms with Gasteiger partial charge in [0.2, 0.25) is 0 Å². The van der Waals surface area contributed by atoms with Crippen LogP contribution in [0.1, 0.15) is 10.5 Å². The second-order valence-corrected chi connectivity index (χ2v) is 4.24. The zero-order valence-electron chi connectivity index (χ0n) is 10.7. The molecule has 0 aliphatic heterocycles. The third-order valence-electron chi connectivity index (χ3n) is 2.78. The number of nitrogens with two attached hydrogens (primary N) is 1. The van der Waals surface area contributed by atoms with Crippen LogP contribution in [0.2, 0.25) is 0 Å². The number of benzene rings is 1. The number of para-hydroxylation sites is 2. The molecule has 1 aromatic heterocycles. The van der Waals surface area contributed by atoms with Gasteiger partial charge in [0.15, 0.2) is 5.69 Å². The van der Waals surface area contributed by atoms with E-state index in [1.165, 1.54) is 10.7 Å². The van der Waals surface area contributed by atoms with Crippen molar-refractivity contribution in [2.24, 2.45) is 0 Å². The molecule has 1 heterocycles. The molecule has 20 heavy (non-hydrogen) atoms. The molecule has 0 radical (unpaired) electrons. The molecule has 0 saturated heterocycles. The van der Waals surface area contributed by atoms with Gasteiger partial charge in [0, 0.05) is 6.20 Å². The van der Waals surface area contributed by atoms with Gasteiger partial charge < -0.3 is 21.3 Å². The van der Waals surface area contributed by atoms with Crippen LogP contribution in [0.4, 0.5) is 5.69 Å². The number of hydrogen-bond donors (Lipinski definition) is 4. The third-order valence-corrected chi connectivity index (χ3v) is 2.78. The molecule has 106 valence electrons. The molecule has 7 nitrogen and oxygen atoms in total. The van der Waals surface area contributed by atoms with Crippen LogP contribution in [-0.2, 0) is 0 Å². The minimum absolute atomic E-state index is 0.181. The molecule has 1 amide bonds. The molecule has 5 N–H and O–H groups in total. The van der Waals surface area contributed by atoms with E-state index in [1.807, 2.05) is 12.1 Å². The lowest BCUT2D eigenvalue weighted by atomic mass is 10.3. The van der Waals surface area contributed by atoms with Gasteiger partial charge in [0.1, 0.15) is 0 Å². The number of carbonyl (C=O) groups excluding carboxylic acids is 1. The van der Waals surface area contributed by atoms with Crippen LogP contribution in [0.3, 0.4) is 0 Å². The number of rotatable bonds is 5. The highest BCUT2D eigenvalue weighted by Gasteiger charge is 2.15. The average Bonchev–Trinajstić information content (AvgIpc) is 2.94. The molecule has 7 heteroatoms. The molecule has 0 spiro atoms. The fraction of sp³-hybridized carbons (Fsp3) is 0.231. The average molecular weight is 276 g/mol. The first-order valence-electron chi connectivity index (χ1n) is 6.09. The van der Waals surface area contributed by atoms with E-state index in [9.17, 15) is 4.79 Å². The maximum atomic E-state index is 11.9. The predicted molar refractivity (Wildman–Crippen MR) is 73.4 cm³/mol. The number of nitrogen functional groups attached to an aromatic ring is 1. The number of amides is 1. The molecule has 2 aromatic rings. The van der Waals surface area contributed by atoms with Crippen LogP contribution in [0.25, 0.3) is 5.69 Å². The highest BCUT2D eigenvalue weighted by atomic mass is 16.3. The van der Waals surface area contributed by atoms with E-state index in [2.05, 4.69) is 10.4 Å². The number of nitrogens with zero attached hydrogens (tertiary/aromatic N) is 2. The van der Waals surface area contributed by atoms with E-state index in [0.717, 1.165) is 0 Å². The summed E-state index contributed by atoms with van der Waals surface area (Å²) < 4.78 is 1.50. The molecule has 0 aliphatic rings. The van der Waals surface area contributed by atoms with Crippen LogP contribution in [0, 0.1) is 0 Å². The van der Waals surface area contributed by atoms with Gasteiger partial charge in [-0.25, -0.2) is 4.68 Å². The van der Waals surface area contributed by atoms with Gasteiger partial charge in [-0.2, -0.15) is 5.10 Å². The lowest BCUT2D eigenvalue weighted by Crippen LogP contribution is -2.40. The van der Waals surface area contributed by atoms with Crippen molar-refractivity contribution in [2.45, 2.75) is 6.04 Å². The molecule has 0 unspecified atom stereocenters. The van der Waals surface area contributed by atoms with Gasteiger partial charge in [-0.1, -0.05) is 12.1 Å². The Hall–Kier alpha value is -2.38. The Bertz CT molecular complexity index is 593. The Morgan fingerprint density at radius 2 is 2.00 bits per heavy atom. The Kier molecular flexibility index (Phi) is 4.34. The highest BCUT2D eigenvalue weighted by Crippen LogP contribution is 2.15. The summed E-state index contributed by atoms with van der Waals surface area (Å²) in [6, 6.07) is 7.99. The Labute approximate surface area is 115 Å². The van der Waals surface area contributed by atoms with Crippen molar-refractivity contribution in [3.63, 3.8) is 0 Å². The third kappa shape index (κ3) is 2.95. The molecule has 0 saturated carbocycles. The van der Waals surface area contributed by atoms with Crippen molar-refractivity contribution in [1.29, 1.82) is 0 Å². The SMILES string of the molecule is Nc1ccccc1-n1ccc(C(=O)NC(CO)CO)n1. The van der Waals surface area contributed by atoms with Crippen LogP contribution in [0.15, 0.2) is 36.5 Å². The standard InChI is InChI=1S/C13H16N4O3/c14-10-3-1-2-4-12(10)17-6-5-11(16-17)13(20)15-9(7-18)8-19/h1-6,9,18-19H,7-8,14H2,(H,15,20). The van der Waals surface area contributed by atoms with Gasteiger partial charge in [0.05, 0.1) is 30.6 Å². The smallest absolute Gasteiger partial charge is 0.272 e. The van der Waals surface area contributed by atoms with E-state index in [4.69, 9.17) is 15.9 Å². The summed E-state index contributed by atoms with van der Waals surface area (Å²) in [7, 11) is 0. The molecule has 1 aromatic carbocycles. The summed E-state index contributed by atoms with van der Waals surface area (Å²) in [5.74, 6) is -0.466. The summed E-state index contributed by atoms with van der Waals surface area (Å²) in [6.45, 7) is -0.677. The van der Waals surface area contributed by atoms with E-state index < -0.39 is 11.9 Å². The quantitative estimate of drug-likeness (QED) is 0.552. The zero-order valence-corrected chi connectivity index (χ0v) is 10.7. The van der Waals surface area contributed by atoms with Crippen molar-refractivity contribution >= 4 is 11.6 Å². The molecule has 0 aliphatic carbocycles. The number of nitrogens with one attached hydrogen (secondary N) is 1. The minimum Gasteiger partial charge on any atom is -0.397 e. The first kappa shape index (κ1) is 14.0. The van der Waals surface area contributed by atoms with Gasteiger partial charge in [-0.3, -0.25) is 4.79 Å². The van der Waals surface area contributed by atoms with E-state index in [1.54, 1.807) is 18.3 Å². The molecule has 2 rings (SSSR count). The Morgan fingerprint density at radius 3 is 2.65 bits per heavy atom. The summed E-state index contributed by atoms with van der Waals surface area (Å²) in [6.07, 6.45) is 1.62. The van der Waals surface area contributed by atoms with Crippen LogP contribution >= 0.6 is 0 Å². The molecule has 0 atom stereocenters. The molecular weight excluding hydrogens is 260 g/mol. The normalized spacial score (nSPS) is 10.8. The largest absolute Gasteiger partial charge is 0.397 e. The number of anilines is 1. The topological polar surface area (TPSA) is 113 Å². The number of hydrogen-bond acceptors (Lipinski definition) is 5. The van der Waals surface area contributed by atoms with Crippen LogP contribution in [0.5, 0.6) is 0 Å². The van der Waals surface area contributed by atoms with Crippen molar-refractivity contribution < 1.29 is 15.0 Å².